The highest BCUT2D eigenvalue weighted by molar-refractivity contribution is 8.00. The average Bonchev–Trinajstić information content (AvgIpc) is 2.74. The van der Waals surface area contributed by atoms with Gasteiger partial charge in [0.05, 0.1) is 5.75 Å². The van der Waals surface area contributed by atoms with Crippen LogP contribution in [-0.2, 0) is 18.9 Å². The van der Waals surface area contributed by atoms with Crippen molar-refractivity contribution in [3.05, 3.63) is 44.9 Å². The number of hydrogen-bond acceptors (Lipinski definition) is 8. The van der Waals surface area contributed by atoms with Gasteiger partial charge in [0.15, 0.2) is 17.1 Å². The Morgan fingerprint density at radius 3 is 2.63 bits per heavy atom. The van der Waals surface area contributed by atoms with Crippen molar-refractivity contribution in [1.29, 1.82) is 0 Å². The van der Waals surface area contributed by atoms with Crippen LogP contribution in [0.15, 0.2) is 32.8 Å². The largest absolute Gasteiger partial charge is 0.486 e. The normalized spacial score (nSPS) is 12.8. The van der Waals surface area contributed by atoms with E-state index < -0.39 is 11.2 Å². The van der Waals surface area contributed by atoms with E-state index in [4.69, 9.17) is 9.47 Å². The van der Waals surface area contributed by atoms with Crippen molar-refractivity contribution in [3.63, 3.8) is 0 Å². The van der Waals surface area contributed by atoms with Crippen LogP contribution in [0, 0.1) is 6.92 Å². The third kappa shape index (κ3) is 3.63. The van der Waals surface area contributed by atoms with E-state index in [0.717, 1.165) is 16.3 Å². The maximum Gasteiger partial charge on any atom is 0.332 e. The number of fused-ring (bicyclic) bond motifs is 2. The van der Waals surface area contributed by atoms with Crippen LogP contribution in [0.3, 0.4) is 0 Å². The molecule has 0 aliphatic carbocycles. The first-order chi connectivity index (χ1) is 14.3. The maximum absolute atomic E-state index is 12.6. The summed E-state index contributed by atoms with van der Waals surface area (Å²) in [5.41, 5.74) is -0.155. The molecule has 1 aliphatic heterocycles. The van der Waals surface area contributed by atoms with Crippen LogP contribution >= 0.6 is 11.8 Å². The molecule has 1 amide bonds. The first-order valence-electron chi connectivity index (χ1n) is 9.12. The van der Waals surface area contributed by atoms with Gasteiger partial charge in [-0.2, -0.15) is 0 Å². The van der Waals surface area contributed by atoms with Crippen molar-refractivity contribution in [1.82, 2.24) is 19.1 Å². The van der Waals surface area contributed by atoms with Gasteiger partial charge < -0.3 is 14.8 Å². The van der Waals surface area contributed by atoms with Gasteiger partial charge in [0, 0.05) is 25.8 Å². The topological polar surface area (TPSA) is 117 Å². The number of nitrogens with one attached hydrogen (secondary N) is 1. The Hall–Kier alpha value is -3.34. The highest BCUT2D eigenvalue weighted by atomic mass is 32.2. The Morgan fingerprint density at radius 2 is 1.87 bits per heavy atom. The minimum Gasteiger partial charge on any atom is -0.486 e. The molecular weight excluding hydrogens is 410 g/mol. The summed E-state index contributed by atoms with van der Waals surface area (Å²) in [4.78, 5) is 45.8. The van der Waals surface area contributed by atoms with Crippen LogP contribution in [0.1, 0.15) is 5.82 Å². The van der Waals surface area contributed by atoms with E-state index >= 15 is 0 Å². The number of benzene rings is 1. The lowest BCUT2D eigenvalue weighted by Crippen LogP contribution is -2.37. The summed E-state index contributed by atoms with van der Waals surface area (Å²) in [6.07, 6.45) is 0. The second-order valence-electron chi connectivity index (χ2n) is 6.68. The number of ether oxygens (including phenoxy) is 2. The van der Waals surface area contributed by atoms with Gasteiger partial charge in [0.2, 0.25) is 5.91 Å². The molecule has 4 rings (SSSR count). The smallest absolute Gasteiger partial charge is 0.332 e. The molecule has 30 heavy (non-hydrogen) atoms. The van der Waals surface area contributed by atoms with Crippen molar-refractivity contribution in [2.75, 3.05) is 24.3 Å². The Morgan fingerprint density at radius 1 is 1.13 bits per heavy atom. The number of nitrogens with zero attached hydrogens (tertiary/aromatic N) is 4. The van der Waals surface area contributed by atoms with Gasteiger partial charge in [-0.05, 0) is 19.1 Å². The number of aryl methyl sites for hydroxylation is 2. The third-order valence-electron chi connectivity index (χ3n) is 4.54. The van der Waals surface area contributed by atoms with E-state index in [2.05, 4.69) is 15.3 Å². The number of anilines is 1. The van der Waals surface area contributed by atoms with Crippen LogP contribution in [-0.4, -0.2) is 44.0 Å². The molecule has 156 valence electrons. The number of hydrogen-bond donors (Lipinski definition) is 1. The van der Waals surface area contributed by atoms with Gasteiger partial charge in [0.25, 0.3) is 5.56 Å². The standard InChI is InChI=1S/C19H19N5O5S/c1-10-20-16-15(18(26)24(3)19(27)23(16)2)17(21-10)30-9-14(25)22-11-4-5-12-13(8-11)29-7-6-28-12/h4-5,8H,6-7,9H2,1-3H3,(H,22,25). The molecule has 0 atom stereocenters. The van der Waals surface area contributed by atoms with Crippen LogP contribution in [0.25, 0.3) is 11.0 Å². The van der Waals surface area contributed by atoms with E-state index in [9.17, 15) is 14.4 Å². The first-order valence-corrected chi connectivity index (χ1v) is 10.1. The summed E-state index contributed by atoms with van der Waals surface area (Å²) < 4.78 is 13.3. The van der Waals surface area contributed by atoms with Gasteiger partial charge in [-0.15, -0.1) is 0 Å². The molecule has 0 radical (unpaired) electrons. The summed E-state index contributed by atoms with van der Waals surface area (Å²) in [5.74, 6) is 1.36. The van der Waals surface area contributed by atoms with Gasteiger partial charge in [-0.3, -0.25) is 18.7 Å². The van der Waals surface area contributed by atoms with Crippen molar-refractivity contribution in [3.8, 4) is 11.5 Å². The number of amides is 1. The predicted octanol–water partition coefficient (Wildman–Crippen LogP) is 0.838. The molecule has 1 aliphatic rings. The highest BCUT2D eigenvalue weighted by Gasteiger charge is 2.18. The van der Waals surface area contributed by atoms with Gasteiger partial charge in [-0.1, -0.05) is 11.8 Å². The monoisotopic (exact) mass is 429 g/mol. The maximum atomic E-state index is 12.6. The lowest BCUT2D eigenvalue weighted by Gasteiger charge is -2.19. The van der Waals surface area contributed by atoms with E-state index in [1.807, 2.05) is 0 Å². The number of carbonyl (C=O) groups excluding carboxylic acids is 1. The zero-order chi connectivity index (χ0) is 21.4. The highest BCUT2D eigenvalue weighted by Crippen LogP contribution is 2.32. The van der Waals surface area contributed by atoms with E-state index in [0.29, 0.717) is 41.3 Å². The Balaban J connectivity index is 1.57. The quantitative estimate of drug-likeness (QED) is 0.479. The molecule has 3 aromatic rings. The fourth-order valence-corrected chi connectivity index (χ4v) is 3.95. The Bertz CT molecular complexity index is 1280. The zero-order valence-electron chi connectivity index (χ0n) is 16.6. The van der Waals surface area contributed by atoms with Crippen LogP contribution in [0.4, 0.5) is 5.69 Å². The fraction of sp³-hybridized carbons (Fsp3) is 0.316. The van der Waals surface area contributed by atoms with Crippen molar-refractivity contribution in [2.24, 2.45) is 14.1 Å². The Kier molecular flexibility index (Phi) is 5.20. The summed E-state index contributed by atoms with van der Waals surface area (Å²) in [7, 11) is 2.94. The summed E-state index contributed by atoms with van der Waals surface area (Å²) in [5, 5.41) is 3.36. The third-order valence-corrected chi connectivity index (χ3v) is 5.52. The van der Waals surface area contributed by atoms with Gasteiger partial charge >= 0.3 is 5.69 Å². The van der Waals surface area contributed by atoms with Crippen LogP contribution in [0.5, 0.6) is 11.5 Å². The van der Waals surface area contributed by atoms with E-state index in [1.165, 1.54) is 11.6 Å². The molecule has 0 bridgehead atoms. The summed E-state index contributed by atoms with van der Waals surface area (Å²) >= 11 is 1.11. The second-order valence-corrected chi connectivity index (χ2v) is 7.64. The van der Waals surface area contributed by atoms with Crippen molar-refractivity contribution < 1.29 is 14.3 Å². The molecule has 1 N–H and O–H groups in total. The van der Waals surface area contributed by atoms with Gasteiger partial charge in [0.1, 0.15) is 29.5 Å². The minimum atomic E-state index is -0.497. The number of carbonyl (C=O) groups is 1. The van der Waals surface area contributed by atoms with Crippen molar-refractivity contribution >= 4 is 34.4 Å². The molecule has 11 heteroatoms. The van der Waals surface area contributed by atoms with Crippen LogP contribution < -0.4 is 26.0 Å². The number of rotatable bonds is 4. The molecule has 0 spiro atoms. The second kappa shape index (κ2) is 7.82. The first kappa shape index (κ1) is 20.0. The number of aromatic nitrogens is 4. The molecule has 0 fully saturated rings. The van der Waals surface area contributed by atoms with Crippen LogP contribution in [0.2, 0.25) is 0 Å². The average molecular weight is 429 g/mol. The van der Waals surface area contributed by atoms with Crippen molar-refractivity contribution in [2.45, 2.75) is 11.9 Å². The molecule has 3 heterocycles. The Labute approximate surface area is 174 Å². The molecule has 1 aromatic carbocycles. The summed E-state index contributed by atoms with van der Waals surface area (Å²) in [6, 6.07) is 5.17. The molecule has 0 saturated carbocycles. The minimum absolute atomic E-state index is 0.0198. The lowest BCUT2D eigenvalue weighted by atomic mass is 10.2. The molecule has 10 nitrogen and oxygen atoms in total. The van der Waals surface area contributed by atoms with E-state index in [1.54, 1.807) is 32.2 Å². The SMILES string of the molecule is Cc1nc(SCC(=O)Nc2ccc3c(c2)OCCO3)c2c(=O)n(C)c(=O)n(C)c2n1. The fourth-order valence-electron chi connectivity index (χ4n) is 3.09. The lowest BCUT2D eigenvalue weighted by molar-refractivity contribution is -0.113. The number of thioether (sulfide) groups is 1. The van der Waals surface area contributed by atoms with Gasteiger partial charge in [-0.25, -0.2) is 14.8 Å². The molecular formula is C19H19N5O5S. The predicted molar refractivity (Wildman–Crippen MR) is 112 cm³/mol. The summed E-state index contributed by atoms with van der Waals surface area (Å²) in [6.45, 7) is 2.62. The molecule has 0 saturated heterocycles. The zero-order valence-corrected chi connectivity index (χ0v) is 17.4. The molecule has 2 aromatic heterocycles. The molecule has 0 unspecified atom stereocenters. The van der Waals surface area contributed by atoms with E-state index in [-0.39, 0.29) is 22.7 Å².